The van der Waals surface area contributed by atoms with Crippen molar-refractivity contribution < 1.29 is 9.50 Å². The molecule has 0 bridgehead atoms. The summed E-state index contributed by atoms with van der Waals surface area (Å²) in [5.74, 6) is -0.180. The highest BCUT2D eigenvalue weighted by molar-refractivity contribution is 5.39. The van der Waals surface area contributed by atoms with Crippen molar-refractivity contribution in [3.63, 3.8) is 0 Å². The van der Waals surface area contributed by atoms with Gasteiger partial charge in [-0.25, -0.2) is 4.39 Å². The first kappa shape index (κ1) is 10.6. The second kappa shape index (κ2) is 3.58. The quantitative estimate of drug-likeness (QED) is 0.776. The monoisotopic (exact) mass is 209 g/mol. The SMILES string of the molecule is CC1Cc2c(F)cccc2C1(O)CCN. The van der Waals surface area contributed by atoms with Crippen molar-refractivity contribution in [3.8, 4) is 0 Å². The minimum atomic E-state index is -0.938. The molecule has 1 aliphatic carbocycles. The normalized spacial score (nSPS) is 29.2. The summed E-state index contributed by atoms with van der Waals surface area (Å²) in [5.41, 5.74) is 5.94. The Kier molecular flexibility index (Phi) is 2.52. The van der Waals surface area contributed by atoms with Crippen LogP contribution in [0.25, 0.3) is 0 Å². The second-order valence-corrected chi connectivity index (χ2v) is 4.33. The maximum atomic E-state index is 13.5. The molecule has 2 rings (SSSR count). The second-order valence-electron chi connectivity index (χ2n) is 4.33. The van der Waals surface area contributed by atoms with Crippen LogP contribution in [0.4, 0.5) is 4.39 Å². The molecule has 0 aliphatic heterocycles. The number of nitrogens with two attached hydrogens (primary N) is 1. The minimum Gasteiger partial charge on any atom is -0.385 e. The van der Waals surface area contributed by atoms with E-state index in [9.17, 15) is 9.50 Å². The van der Waals surface area contributed by atoms with Crippen LogP contribution in [0.1, 0.15) is 24.5 Å². The van der Waals surface area contributed by atoms with Gasteiger partial charge in [0.2, 0.25) is 0 Å². The molecule has 1 aliphatic rings. The molecule has 0 saturated heterocycles. The van der Waals surface area contributed by atoms with Gasteiger partial charge in [0.15, 0.2) is 0 Å². The molecule has 82 valence electrons. The van der Waals surface area contributed by atoms with Crippen molar-refractivity contribution >= 4 is 0 Å². The minimum absolute atomic E-state index is 0.0351. The smallest absolute Gasteiger partial charge is 0.126 e. The van der Waals surface area contributed by atoms with E-state index in [4.69, 9.17) is 5.73 Å². The lowest BCUT2D eigenvalue weighted by Gasteiger charge is -2.28. The molecule has 0 fully saturated rings. The average molecular weight is 209 g/mol. The molecule has 1 aromatic carbocycles. The van der Waals surface area contributed by atoms with Crippen LogP contribution >= 0.6 is 0 Å². The highest BCUT2D eigenvalue weighted by Crippen LogP contribution is 2.44. The van der Waals surface area contributed by atoms with Crippen LogP contribution in [0.2, 0.25) is 0 Å². The zero-order valence-electron chi connectivity index (χ0n) is 8.83. The molecule has 0 radical (unpaired) electrons. The number of fused-ring (bicyclic) bond motifs is 1. The van der Waals surface area contributed by atoms with Crippen molar-refractivity contribution in [1.82, 2.24) is 0 Å². The van der Waals surface area contributed by atoms with Crippen LogP contribution in [0.5, 0.6) is 0 Å². The average Bonchev–Trinajstić information content (AvgIpc) is 2.44. The predicted octanol–water partition coefficient (Wildman–Crippen LogP) is 1.55. The third kappa shape index (κ3) is 1.46. The molecular weight excluding hydrogens is 193 g/mol. The van der Waals surface area contributed by atoms with Crippen molar-refractivity contribution in [1.29, 1.82) is 0 Å². The van der Waals surface area contributed by atoms with Gasteiger partial charge in [-0.2, -0.15) is 0 Å². The summed E-state index contributed by atoms with van der Waals surface area (Å²) in [6, 6.07) is 4.89. The largest absolute Gasteiger partial charge is 0.385 e. The Morgan fingerprint density at radius 2 is 2.33 bits per heavy atom. The Labute approximate surface area is 88.9 Å². The first-order valence-corrected chi connectivity index (χ1v) is 5.30. The summed E-state index contributed by atoms with van der Waals surface area (Å²) in [6.45, 7) is 2.35. The number of benzene rings is 1. The van der Waals surface area contributed by atoms with Gasteiger partial charge in [0.1, 0.15) is 5.82 Å². The first-order valence-electron chi connectivity index (χ1n) is 5.30. The van der Waals surface area contributed by atoms with E-state index in [1.54, 1.807) is 12.1 Å². The molecule has 0 heterocycles. The van der Waals surface area contributed by atoms with Crippen LogP contribution in [0, 0.1) is 11.7 Å². The first-order chi connectivity index (χ1) is 7.09. The lowest BCUT2D eigenvalue weighted by molar-refractivity contribution is -0.0101. The van der Waals surface area contributed by atoms with Gasteiger partial charge < -0.3 is 10.8 Å². The summed E-state index contributed by atoms with van der Waals surface area (Å²) in [7, 11) is 0. The highest BCUT2D eigenvalue weighted by atomic mass is 19.1. The van der Waals surface area contributed by atoms with Crippen LogP contribution in [0.15, 0.2) is 18.2 Å². The van der Waals surface area contributed by atoms with Crippen molar-refractivity contribution in [2.45, 2.75) is 25.4 Å². The van der Waals surface area contributed by atoms with Gasteiger partial charge in [-0.15, -0.1) is 0 Å². The molecule has 2 atom stereocenters. The Bertz CT molecular complexity index is 380. The zero-order chi connectivity index (χ0) is 11.1. The van der Waals surface area contributed by atoms with E-state index < -0.39 is 5.60 Å². The maximum absolute atomic E-state index is 13.5. The Morgan fingerprint density at radius 3 is 3.00 bits per heavy atom. The Balaban J connectivity index is 2.50. The molecule has 0 amide bonds. The van der Waals surface area contributed by atoms with Crippen molar-refractivity contribution in [2.75, 3.05) is 6.54 Å². The van der Waals surface area contributed by atoms with Gasteiger partial charge in [-0.3, -0.25) is 0 Å². The Morgan fingerprint density at radius 1 is 1.60 bits per heavy atom. The summed E-state index contributed by atoms with van der Waals surface area (Å²) in [5, 5.41) is 10.5. The summed E-state index contributed by atoms with van der Waals surface area (Å²) >= 11 is 0. The Hall–Kier alpha value is -0.930. The molecule has 3 N–H and O–H groups in total. The van der Waals surface area contributed by atoms with E-state index >= 15 is 0 Å². The van der Waals surface area contributed by atoms with Gasteiger partial charge in [0.05, 0.1) is 5.60 Å². The summed E-state index contributed by atoms with van der Waals surface area (Å²) in [6.07, 6.45) is 1.09. The number of hydrogen-bond acceptors (Lipinski definition) is 2. The number of rotatable bonds is 2. The van der Waals surface area contributed by atoms with E-state index in [2.05, 4.69) is 0 Å². The van der Waals surface area contributed by atoms with E-state index in [1.165, 1.54) is 6.07 Å². The molecule has 15 heavy (non-hydrogen) atoms. The molecule has 3 heteroatoms. The van der Waals surface area contributed by atoms with E-state index in [-0.39, 0.29) is 11.7 Å². The predicted molar refractivity (Wildman–Crippen MR) is 56.8 cm³/mol. The fourth-order valence-electron chi connectivity index (χ4n) is 2.51. The lowest BCUT2D eigenvalue weighted by Crippen LogP contribution is -2.32. The van der Waals surface area contributed by atoms with Crippen LogP contribution < -0.4 is 5.73 Å². The van der Waals surface area contributed by atoms with Gasteiger partial charge in [0, 0.05) is 0 Å². The number of aliphatic hydroxyl groups is 1. The third-order valence-electron chi connectivity index (χ3n) is 3.44. The fraction of sp³-hybridized carbons (Fsp3) is 0.500. The van der Waals surface area contributed by atoms with E-state index in [0.717, 1.165) is 5.56 Å². The number of hydrogen-bond donors (Lipinski definition) is 2. The standard InChI is InChI=1S/C12H16FNO/c1-8-7-9-10(3-2-4-11(9)13)12(8,15)5-6-14/h2-4,8,15H,5-7,14H2,1H3. The summed E-state index contributed by atoms with van der Waals surface area (Å²) < 4.78 is 13.5. The van der Waals surface area contributed by atoms with Crippen LogP contribution in [-0.4, -0.2) is 11.7 Å². The van der Waals surface area contributed by atoms with Crippen molar-refractivity contribution in [2.24, 2.45) is 11.7 Å². The molecule has 0 aromatic heterocycles. The van der Waals surface area contributed by atoms with Crippen molar-refractivity contribution in [3.05, 3.63) is 35.1 Å². The van der Waals surface area contributed by atoms with Crippen LogP contribution in [0.3, 0.4) is 0 Å². The molecule has 2 unspecified atom stereocenters. The highest BCUT2D eigenvalue weighted by Gasteiger charge is 2.43. The van der Waals surface area contributed by atoms with Gasteiger partial charge in [0.25, 0.3) is 0 Å². The molecule has 0 saturated carbocycles. The van der Waals surface area contributed by atoms with E-state index in [1.807, 2.05) is 6.92 Å². The van der Waals surface area contributed by atoms with E-state index in [0.29, 0.717) is 24.9 Å². The van der Waals surface area contributed by atoms with Gasteiger partial charge in [-0.1, -0.05) is 19.1 Å². The lowest BCUT2D eigenvalue weighted by atomic mass is 9.85. The molecular formula is C12H16FNO. The fourth-order valence-corrected chi connectivity index (χ4v) is 2.51. The molecule has 0 spiro atoms. The summed E-state index contributed by atoms with van der Waals surface area (Å²) in [4.78, 5) is 0. The topological polar surface area (TPSA) is 46.2 Å². The van der Waals surface area contributed by atoms with Crippen LogP contribution in [-0.2, 0) is 12.0 Å². The molecule has 1 aromatic rings. The van der Waals surface area contributed by atoms with Gasteiger partial charge in [-0.05, 0) is 42.5 Å². The maximum Gasteiger partial charge on any atom is 0.126 e. The third-order valence-corrected chi connectivity index (χ3v) is 3.44. The molecule has 2 nitrogen and oxygen atoms in total. The zero-order valence-corrected chi connectivity index (χ0v) is 8.83. The number of halogens is 1. The van der Waals surface area contributed by atoms with Gasteiger partial charge >= 0.3 is 0 Å².